The molecular weight excluding hydrogens is 186 g/mol. The molecule has 0 amide bonds. The van der Waals surface area contributed by atoms with Gasteiger partial charge in [-0.3, -0.25) is 0 Å². The number of anilines is 2. The molecule has 1 aliphatic carbocycles. The summed E-state index contributed by atoms with van der Waals surface area (Å²) in [6.45, 7) is 6.40. The molecule has 1 aromatic heterocycles. The molecule has 3 heteroatoms. The van der Waals surface area contributed by atoms with Crippen molar-refractivity contribution in [3.8, 4) is 0 Å². The molecule has 0 aliphatic heterocycles. The van der Waals surface area contributed by atoms with Crippen LogP contribution in [0.4, 0.5) is 11.5 Å². The first-order valence-electron chi connectivity index (χ1n) is 5.50. The molecule has 1 aromatic rings. The molecule has 1 saturated carbocycles. The summed E-state index contributed by atoms with van der Waals surface area (Å²) in [5.74, 6) is 1.72. The zero-order valence-electron chi connectivity index (χ0n) is 9.67. The predicted molar refractivity (Wildman–Crippen MR) is 63.8 cm³/mol. The van der Waals surface area contributed by atoms with E-state index < -0.39 is 0 Å². The molecule has 0 saturated heterocycles. The van der Waals surface area contributed by atoms with Crippen LogP contribution in [0.25, 0.3) is 0 Å². The summed E-state index contributed by atoms with van der Waals surface area (Å²) in [6.07, 6.45) is 2.65. The highest BCUT2D eigenvalue weighted by atomic mass is 15.1. The predicted octanol–water partition coefficient (Wildman–Crippen LogP) is 2.57. The molecule has 2 rings (SSSR count). The summed E-state index contributed by atoms with van der Waals surface area (Å²) >= 11 is 0. The van der Waals surface area contributed by atoms with Crippen molar-refractivity contribution in [2.24, 2.45) is 5.92 Å². The fourth-order valence-electron chi connectivity index (χ4n) is 1.88. The molecule has 0 aromatic carbocycles. The first-order valence-corrected chi connectivity index (χ1v) is 5.50. The van der Waals surface area contributed by atoms with Crippen LogP contribution in [0, 0.1) is 12.8 Å². The van der Waals surface area contributed by atoms with Gasteiger partial charge in [0.05, 0.1) is 11.4 Å². The highest BCUT2D eigenvalue weighted by Gasteiger charge is 2.37. The molecule has 0 atom stereocenters. The summed E-state index contributed by atoms with van der Waals surface area (Å²) in [6, 6.07) is 3.86. The van der Waals surface area contributed by atoms with Crippen molar-refractivity contribution in [3.05, 3.63) is 17.8 Å². The average molecular weight is 205 g/mol. The van der Waals surface area contributed by atoms with Crippen LogP contribution >= 0.6 is 0 Å². The number of nitrogens with zero attached hydrogens (tertiary/aromatic N) is 1. The number of hydrogen-bond donors (Lipinski definition) is 2. The maximum absolute atomic E-state index is 5.73. The third-order valence-corrected chi connectivity index (χ3v) is 3.17. The lowest BCUT2D eigenvalue weighted by Gasteiger charge is -2.27. The summed E-state index contributed by atoms with van der Waals surface area (Å²) in [5, 5.41) is 3.48. The second-order valence-corrected chi connectivity index (χ2v) is 4.99. The van der Waals surface area contributed by atoms with Crippen molar-refractivity contribution in [3.63, 3.8) is 0 Å². The Balaban J connectivity index is 2.13. The molecule has 0 bridgehead atoms. The van der Waals surface area contributed by atoms with Gasteiger partial charge in [0.1, 0.15) is 5.82 Å². The van der Waals surface area contributed by atoms with Crippen molar-refractivity contribution >= 4 is 11.5 Å². The molecule has 1 aliphatic rings. The van der Waals surface area contributed by atoms with E-state index in [0.29, 0.717) is 0 Å². The Morgan fingerprint density at radius 2 is 2.07 bits per heavy atom. The van der Waals surface area contributed by atoms with Crippen LogP contribution in [0.1, 0.15) is 32.4 Å². The fourth-order valence-corrected chi connectivity index (χ4v) is 1.88. The molecule has 0 unspecified atom stereocenters. The zero-order chi connectivity index (χ0) is 11.1. The molecule has 15 heavy (non-hydrogen) atoms. The second kappa shape index (κ2) is 3.40. The number of hydrogen-bond acceptors (Lipinski definition) is 3. The zero-order valence-corrected chi connectivity index (χ0v) is 9.67. The quantitative estimate of drug-likeness (QED) is 0.797. The van der Waals surface area contributed by atoms with Gasteiger partial charge in [-0.25, -0.2) is 4.98 Å². The Labute approximate surface area is 91.1 Å². The number of aryl methyl sites for hydroxylation is 1. The number of aromatic nitrogens is 1. The van der Waals surface area contributed by atoms with E-state index in [-0.39, 0.29) is 5.54 Å². The lowest BCUT2D eigenvalue weighted by molar-refractivity contribution is 0.492. The van der Waals surface area contributed by atoms with E-state index in [1.54, 1.807) is 0 Å². The van der Waals surface area contributed by atoms with E-state index in [9.17, 15) is 0 Å². The van der Waals surface area contributed by atoms with Crippen molar-refractivity contribution in [1.29, 1.82) is 0 Å². The van der Waals surface area contributed by atoms with Gasteiger partial charge >= 0.3 is 0 Å². The van der Waals surface area contributed by atoms with Crippen LogP contribution < -0.4 is 11.1 Å². The summed E-state index contributed by atoms with van der Waals surface area (Å²) in [7, 11) is 0. The lowest BCUT2D eigenvalue weighted by Crippen LogP contribution is -2.33. The molecule has 0 spiro atoms. The van der Waals surface area contributed by atoms with E-state index in [1.807, 2.05) is 19.1 Å². The summed E-state index contributed by atoms with van der Waals surface area (Å²) < 4.78 is 0. The van der Waals surface area contributed by atoms with E-state index >= 15 is 0 Å². The van der Waals surface area contributed by atoms with Gasteiger partial charge in [0.2, 0.25) is 0 Å². The monoisotopic (exact) mass is 205 g/mol. The molecule has 1 heterocycles. The number of nitrogens with two attached hydrogens (primary N) is 1. The van der Waals surface area contributed by atoms with Crippen LogP contribution in [0.5, 0.6) is 0 Å². The van der Waals surface area contributed by atoms with Crippen LogP contribution in [-0.4, -0.2) is 10.5 Å². The molecule has 82 valence electrons. The number of rotatable bonds is 3. The third kappa shape index (κ3) is 2.22. The van der Waals surface area contributed by atoms with Gasteiger partial charge in [-0.15, -0.1) is 0 Å². The largest absolute Gasteiger partial charge is 0.397 e. The molecule has 3 N–H and O–H groups in total. The maximum atomic E-state index is 5.73. The Kier molecular flexibility index (Phi) is 2.33. The fraction of sp³-hybridized carbons (Fsp3) is 0.583. The summed E-state index contributed by atoms with van der Waals surface area (Å²) in [5.41, 5.74) is 7.53. The number of pyridine rings is 1. The lowest BCUT2D eigenvalue weighted by atomic mass is 9.99. The topological polar surface area (TPSA) is 50.9 Å². The smallest absolute Gasteiger partial charge is 0.126 e. The Morgan fingerprint density at radius 3 is 2.60 bits per heavy atom. The first-order chi connectivity index (χ1) is 6.99. The highest BCUT2D eigenvalue weighted by Crippen LogP contribution is 2.40. The highest BCUT2D eigenvalue weighted by molar-refractivity contribution is 5.50. The van der Waals surface area contributed by atoms with Crippen LogP contribution in [-0.2, 0) is 0 Å². The van der Waals surface area contributed by atoms with Crippen molar-refractivity contribution in [2.45, 2.75) is 39.2 Å². The van der Waals surface area contributed by atoms with Crippen LogP contribution in [0.2, 0.25) is 0 Å². The van der Waals surface area contributed by atoms with Gasteiger partial charge in [0.15, 0.2) is 0 Å². The minimum Gasteiger partial charge on any atom is -0.397 e. The van der Waals surface area contributed by atoms with Crippen LogP contribution in [0.3, 0.4) is 0 Å². The normalized spacial score (nSPS) is 16.5. The van der Waals surface area contributed by atoms with Crippen molar-refractivity contribution < 1.29 is 0 Å². The van der Waals surface area contributed by atoms with Gasteiger partial charge in [0.25, 0.3) is 0 Å². The number of nitrogens with one attached hydrogen (secondary N) is 1. The van der Waals surface area contributed by atoms with Crippen LogP contribution in [0.15, 0.2) is 12.1 Å². The Hall–Kier alpha value is -1.25. The minimum atomic E-state index is 0.148. The maximum Gasteiger partial charge on any atom is 0.126 e. The Morgan fingerprint density at radius 1 is 1.40 bits per heavy atom. The summed E-state index contributed by atoms with van der Waals surface area (Å²) in [4.78, 5) is 4.43. The van der Waals surface area contributed by atoms with Gasteiger partial charge in [-0.1, -0.05) is 0 Å². The van der Waals surface area contributed by atoms with E-state index in [0.717, 1.165) is 23.1 Å². The average Bonchev–Trinajstić information content (AvgIpc) is 2.93. The van der Waals surface area contributed by atoms with Gasteiger partial charge in [-0.2, -0.15) is 0 Å². The SMILES string of the molecule is Cc1nc(NC(C)(C)C2CC2)ccc1N. The van der Waals surface area contributed by atoms with Gasteiger partial charge in [-0.05, 0) is 51.7 Å². The van der Waals surface area contributed by atoms with Crippen molar-refractivity contribution in [1.82, 2.24) is 4.98 Å². The second-order valence-electron chi connectivity index (χ2n) is 4.99. The molecule has 3 nitrogen and oxygen atoms in total. The van der Waals surface area contributed by atoms with Gasteiger partial charge in [0, 0.05) is 5.54 Å². The Bertz CT molecular complexity index is 367. The molecule has 1 fully saturated rings. The molecular formula is C12H19N3. The minimum absolute atomic E-state index is 0.148. The molecule has 0 radical (unpaired) electrons. The first kappa shape index (κ1) is 10.3. The van der Waals surface area contributed by atoms with Crippen molar-refractivity contribution in [2.75, 3.05) is 11.1 Å². The number of nitrogen functional groups attached to an aromatic ring is 1. The van der Waals surface area contributed by atoms with E-state index in [1.165, 1.54) is 12.8 Å². The van der Waals surface area contributed by atoms with E-state index in [4.69, 9.17) is 5.73 Å². The van der Waals surface area contributed by atoms with Gasteiger partial charge < -0.3 is 11.1 Å². The van der Waals surface area contributed by atoms with E-state index in [2.05, 4.69) is 24.1 Å². The standard InChI is InChI=1S/C12H19N3/c1-8-10(13)6-7-11(14-8)15-12(2,3)9-4-5-9/h6-7,9H,4-5,13H2,1-3H3,(H,14,15). The third-order valence-electron chi connectivity index (χ3n) is 3.17.